The molecule has 8 nitrogen and oxygen atoms in total. The summed E-state index contributed by atoms with van der Waals surface area (Å²) in [5, 5.41) is 3.52. The van der Waals surface area contributed by atoms with E-state index >= 15 is 0 Å². The number of halogens is 2. The number of sulfonamides is 1. The number of benzene rings is 3. The van der Waals surface area contributed by atoms with Gasteiger partial charge in [-0.05, 0) is 54.8 Å². The predicted molar refractivity (Wildman–Crippen MR) is 163 cm³/mol. The molecule has 0 saturated heterocycles. The molecule has 0 unspecified atom stereocenters. The van der Waals surface area contributed by atoms with Gasteiger partial charge in [0.2, 0.25) is 11.8 Å². The van der Waals surface area contributed by atoms with Gasteiger partial charge >= 0.3 is 0 Å². The molecule has 0 saturated carbocycles. The lowest BCUT2D eigenvalue weighted by atomic mass is 10.1. The number of ether oxygens (including phenoxy) is 1. The fourth-order valence-electron chi connectivity index (χ4n) is 4.29. The fourth-order valence-corrected chi connectivity index (χ4v) is 6.17. The summed E-state index contributed by atoms with van der Waals surface area (Å²) in [6, 6.07) is 18.5. The third-order valence-corrected chi connectivity index (χ3v) is 9.00. The van der Waals surface area contributed by atoms with E-state index in [-0.39, 0.29) is 28.1 Å². The van der Waals surface area contributed by atoms with Crippen molar-refractivity contribution in [3.8, 4) is 5.75 Å². The number of hydrogen-bond acceptors (Lipinski definition) is 5. The van der Waals surface area contributed by atoms with E-state index in [4.69, 9.17) is 27.9 Å². The maximum absolute atomic E-state index is 14.1. The molecule has 0 aliphatic carbocycles. The third kappa shape index (κ3) is 8.15. The molecule has 2 amide bonds. The zero-order valence-electron chi connectivity index (χ0n) is 23.3. The Morgan fingerprint density at radius 1 is 0.951 bits per heavy atom. The van der Waals surface area contributed by atoms with Crippen molar-refractivity contribution in [3.05, 3.63) is 88.4 Å². The molecule has 1 N–H and O–H groups in total. The minimum Gasteiger partial charge on any atom is -0.495 e. The van der Waals surface area contributed by atoms with E-state index in [9.17, 15) is 18.0 Å². The summed E-state index contributed by atoms with van der Waals surface area (Å²) in [7, 11) is -2.76. The lowest BCUT2D eigenvalue weighted by Crippen LogP contribution is -2.52. The summed E-state index contributed by atoms with van der Waals surface area (Å²) >= 11 is 12.8. The van der Waals surface area contributed by atoms with Gasteiger partial charge in [0, 0.05) is 18.1 Å². The van der Waals surface area contributed by atoms with Gasteiger partial charge in [-0.15, -0.1) is 0 Å². The van der Waals surface area contributed by atoms with Gasteiger partial charge < -0.3 is 15.0 Å². The molecule has 0 fully saturated rings. The second-order valence-corrected chi connectivity index (χ2v) is 12.0. The first-order valence-corrected chi connectivity index (χ1v) is 15.6. The van der Waals surface area contributed by atoms with E-state index in [1.54, 1.807) is 49.4 Å². The summed E-state index contributed by atoms with van der Waals surface area (Å²) in [5.41, 5.74) is 0.804. The van der Waals surface area contributed by atoms with Gasteiger partial charge in [0.05, 0.1) is 22.7 Å². The van der Waals surface area contributed by atoms with Crippen molar-refractivity contribution < 1.29 is 22.7 Å². The first kappa shape index (κ1) is 32.2. The Bertz CT molecular complexity index is 1440. The number of methoxy groups -OCH3 is 1. The highest BCUT2D eigenvalue weighted by molar-refractivity contribution is 7.92. The average Bonchev–Trinajstić information content (AvgIpc) is 2.97. The Labute approximate surface area is 252 Å². The van der Waals surface area contributed by atoms with Gasteiger partial charge in [0.1, 0.15) is 18.3 Å². The number of carbonyl (C=O) groups is 2. The van der Waals surface area contributed by atoms with Crippen LogP contribution in [0, 0.1) is 0 Å². The zero-order valence-corrected chi connectivity index (χ0v) is 25.7. The Morgan fingerprint density at radius 2 is 1.63 bits per heavy atom. The van der Waals surface area contributed by atoms with Crippen molar-refractivity contribution in [1.82, 2.24) is 10.2 Å². The van der Waals surface area contributed by atoms with Crippen molar-refractivity contribution in [2.45, 2.75) is 50.6 Å². The monoisotopic (exact) mass is 619 g/mol. The number of hydrogen-bond donors (Lipinski definition) is 1. The Balaban J connectivity index is 2.07. The van der Waals surface area contributed by atoms with Crippen molar-refractivity contribution in [1.29, 1.82) is 0 Å². The fraction of sp³-hybridized carbons (Fsp3) is 0.333. The normalized spacial score (nSPS) is 11.9. The molecule has 0 heterocycles. The van der Waals surface area contributed by atoms with Crippen LogP contribution in [0.25, 0.3) is 0 Å². The number of rotatable bonds is 14. The van der Waals surface area contributed by atoms with Crippen molar-refractivity contribution in [2.24, 2.45) is 0 Å². The van der Waals surface area contributed by atoms with E-state index in [0.717, 1.165) is 17.1 Å². The Morgan fingerprint density at radius 3 is 2.24 bits per heavy atom. The van der Waals surface area contributed by atoms with Crippen LogP contribution in [0.3, 0.4) is 0 Å². The minimum atomic E-state index is -4.21. The highest BCUT2D eigenvalue weighted by Crippen LogP contribution is 2.32. The van der Waals surface area contributed by atoms with Gasteiger partial charge in [0.15, 0.2) is 0 Å². The molecule has 0 bridgehead atoms. The van der Waals surface area contributed by atoms with Crippen LogP contribution in [0.2, 0.25) is 10.0 Å². The molecule has 3 rings (SSSR count). The smallest absolute Gasteiger partial charge is 0.264 e. The summed E-state index contributed by atoms with van der Waals surface area (Å²) in [6.07, 6.45) is 2.01. The van der Waals surface area contributed by atoms with E-state index < -0.39 is 28.5 Å². The number of nitrogens with zero attached hydrogens (tertiary/aromatic N) is 2. The van der Waals surface area contributed by atoms with E-state index in [0.29, 0.717) is 29.3 Å². The number of nitrogens with one attached hydrogen (secondary N) is 1. The predicted octanol–water partition coefficient (Wildman–Crippen LogP) is 5.92. The largest absolute Gasteiger partial charge is 0.495 e. The van der Waals surface area contributed by atoms with E-state index in [2.05, 4.69) is 5.32 Å². The van der Waals surface area contributed by atoms with Gasteiger partial charge in [-0.1, -0.05) is 79.9 Å². The summed E-state index contributed by atoms with van der Waals surface area (Å²) in [6.45, 7) is 3.73. The van der Waals surface area contributed by atoms with Crippen LogP contribution >= 0.6 is 23.2 Å². The first-order valence-electron chi connectivity index (χ1n) is 13.4. The first-order chi connectivity index (χ1) is 19.6. The summed E-state index contributed by atoms with van der Waals surface area (Å²) in [4.78, 5) is 28.8. The van der Waals surface area contributed by atoms with Gasteiger partial charge in [0.25, 0.3) is 10.0 Å². The Hall–Kier alpha value is -3.27. The van der Waals surface area contributed by atoms with Gasteiger partial charge in [-0.25, -0.2) is 8.42 Å². The molecule has 220 valence electrons. The lowest BCUT2D eigenvalue weighted by Gasteiger charge is -2.33. The molecule has 0 aliphatic heterocycles. The molecule has 11 heteroatoms. The molecule has 0 aromatic heterocycles. The number of unbranched alkanes of at least 4 members (excludes halogenated alkanes) is 1. The average molecular weight is 621 g/mol. The van der Waals surface area contributed by atoms with Crippen molar-refractivity contribution in [3.63, 3.8) is 0 Å². The molecular formula is C30H35Cl2N3O5S. The number of anilines is 1. The summed E-state index contributed by atoms with van der Waals surface area (Å²) < 4.78 is 34.0. The highest BCUT2D eigenvalue weighted by atomic mass is 35.5. The van der Waals surface area contributed by atoms with Gasteiger partial charge in [-0.3, -0.25) is 13.9 Å². The number of carbonyl (C=O) groups excluding carboxylic acids is 2. The molecule has 0 aliphatic rings. The van der Waals surface area contributed by atoms with Crippen molar-refractivity contribution in [2.75, 3.05) is 24.5 Å². The van der Waals surface area contributed by atoms with Crippen LogP contribution in [-0.2, 0) is 26.2 Å². The van der Waals surface area contributed by atoms with Crippen LogP contribution < -0.4 is 14.4 Å². The molecular weight excluding hydrogens is 585 g/mol. The standard InChI is InChI=1S/C30H35Cl2N3O5S/c1-4-6-18-33-30(37)27(5-2)34(20-22-12-10-11-15-25(22)31)29(36)21-35(23-16-17-28(40-3)26(32)19-23)41(38,39)24-13-8-7-9-14-24/h7-17,19,27H,4-6,18,20-21H2,1-3H3,(H,33,37)/t27-/m1/s1. The molecule has 0 radical (unpaired) electrons. The highest BCUT2D eigenvalue weighted by Gasteiger charge is 2.34. The second-order valence-electron chi connectivity index (χ2n) is 9.33. The second kappa shape index (κ2) is 15.1. The molecule has 41 heavy (non-hydrogen) atoms. The quantitative estimate of drug-likeness (QED) is 0.226. The number of amides is 2. The maximum atomic E-state index is 14.1. The van der Waals surface area contributed by atoms with Crippen molar-refractivity contribution >= 4 is 50.7 Å². The Kier molecular flexibility index (Phi) is 11.9. The van der Waals surface area contributed by atoms with Crippen LogP contribution in [-0.4, -0.2) is 51.4 Å². The van der Waals surface area contributed by atoms with E-state index in [1.807, 2.05) is 6.92 Å². The molecule has 3 aromatic carbocycles. The third-order valence-electron chi connectivity index (χ3n) is 6.55. The molecule has 3 aromatic rings. The van der Waals surface area contributed by atoms with Gasteiger partial charge in [-0.2, -0.15) is 0 Å². The van der Waals surface area contributed by atoms with Crippen LogP contribution in [0.1, 0.15) is 38.7 Å². The zero-order chi connectivity index (χ0) is 30.0. The minimum absolute atomic E-state index is 0.00162. The molecule has 1 atom stereocenters. The van der Waals surface area contributed by atoms with Crippen LogP contribution in [0.4, 0.5) is 5.69 Å². The van der Waals surface area contributed by atoms with E-state index in [1.165, 1.54) is 42.3 Å². The van der Waals surface area contributed by atoms with Crippen LogP contribution in [0.15, 0.2) is 77.7 Å². The SMILES string of the molecule is CCCCNC(=O)[C@@H](CC)N(Cc1ccccc1Cl)C(=O)CN(c1ccc(OC)c(Cl)c1)S(=O)(=O)c1ccccc1. The maximum Gasteiger partial charge on any atom is 0.264 e. The van der Waals surface area contributed by atoms with Crippen LogP contribution in [0.5, 0.6) is 5.75 Å². The topological polar surface area (TPSA) is 96.0 Å². The summed E-state index contributed by atoms with van der Waals surface area (Å²) in [5.74, 6) is -0.533. The molecule has 0 spiro atoms. The lowest BCUT2D eigenvalue weighted by molar-refractivity contribution is -0.140.